The average Bonchev–Trinajstić information content (AvgIpc) is 3.19. The summed E-state index contributed by atoms with van der Waals surface area (Å²) in [5.74, 6) is 1.35. The van der Waals surface area contributed by atoms with Crippen LogP contribution in [0.4, 0.5) is 5.69 Å². The number of nitrogens with zero attached hydrogens (tertiary/aromatic N) is 1. The first-order chi connectivity index (χ1) is 16.4. The molecule has 1 heterocycles. The first-order valence-corrected chi connectivity index (χ1v) is 12.9. The molecule has 178 valence electrons. The van der Waals surface area contributed by atoms with Gasteiger partial charge in [-0.1, -0.05) is 42.5 Å². The molecule has 0 aromatic heterocycles. The molecule has 5 aliphatic rings. The number of rotatable bonds is 6. The second-order valence-corrected chi connectivity index (χ2v) is 11.5. The van der Waals surface area contributed by atoms with Gasteiger partial charge >= 0.3 is 0 Å². The van der Waals surface area contributed by atoms with Crippen molar-refractivity contribution in [2.75, 3.05) is 11.4 Å². The molecule has 7 rings (SSSR count). The summed E-state index contributed by atoms with van der Waals surface area (Å²) in [6.45, 7) is 4.16. The lowest BCUT2D eigenvalue weighted by Crippen LogP contribution is -2.65. The molecule has 2 aromatic rings. The largest absolute Gasteiger partial charge is 0.367 e. The second kappa shape index (κ2) is 8.14. The number of amides is 2. The molecular weight excluding hydrogens is 422 g/mol. The molecule has 0 saturated heterocycles. The Labute approximate surface area is 202 Å². The third-order valence-corrected chi connectivity index (χ3v) is 8.82. The van der Waals surface area contributed by atoms with Crippen molar-refractivity contribution in [2.45, 2.75) is 70.5 Å². The molecule has 4 aliphatic carbocycles. The summed E-state index contributed by atoms with van der Waals surface area (Å²) in [7, 11) is 0. The SMILES string of the molecule is CC(=O)NC12CC3CC(C1)CC(C(=O)NCc1ccc(CN4CCc5ccccc54)cc1)(C3)C2. The van der Waals surface area contributed by atoms with Crippen LogP contribution in [0.2, 0.25) is 0 Å². The van der Waals surface area contributed by atoms with Gasteiger partial charge in [0.25, 0.3) is 0 Å². The highest BCUT2D eigenvalue weighted by molar-refractivity contribution is 5.84. The Morgan fingerprint density at radius 1 is 0.971 bits per heavy atom. The fraction of sp³-hybridized carbons (Fsp3) is 0.517. The van der Waals surface area contributed by atoms with Crippen molar-refractivity contribution >= 4 is 17.5 Å². The molecule has 4 saturated carbocycles. The number of hydrogen-bond donors (Lipinski definition) is 2. The van der Waals surface area contributed by atoms with Crippen molar-refractivity contribution in [3.05, 3.63) is 65.2 Å². The van der Waals surface area contributed by atoms with Crippen molar-refractivity contribution < 1.29 is 9.59 Å². The zero-order valence-electron chi connectivity index (χ0n) is 20.1. The standard InChI is InChI=1S/C29H35N3O2/c1-20(33)31-29-15-23-12-24(16-29)14-28(13-23,19-29)27(34)30-17-21-6-8-22(9-7-21)18-32-11-10-25-4-2-3-5-26(25)32/h2-9,23-24H,10-19H2,1H3,(H,30,34)(H,31,33). The lowest BCUT2D eigenvalue weighted by molar-refractivity contribution is -0.153. The van der Waals surface area contributed by atoms with Gasteiger partial charge in [-0.15, -0.1) is 0 Å². The van der Waals surface area contributed by atoms with Crippen molar-refractivity contribution in [3.63, 3.8) is 0 Å². The van der Waals surface area contributed by atoms with Crippen LogP contribution in [0.3, 0.4) is 0 Å². The summed E-state index contributed by atoms with van der Waals surface area (Å²) < 4.78 is 0. The summed E-state index contributed by atoms with van der Waals surface area (Å²) in [6, 6.07) is 17.4. The lowest BCUT2D eigenvalue weighted by atomic mass is 9.46. The van der Waals surface area contributed by atoms with E-state index in [1.807, 2.05) is 0 Å². The van der Waals surface area contributed by atoms with E-state index in [1.54, 1.807) is 6.92 Å². The normalized spacial score (nSPS) is 30.8. The van der Waals surface area contributed by atoms with Gasteiger partial charge < -0.3 is 15.5 Å². The smallest absolute Gasteiger partial charge is 0.226 e. The topological polar surface area (TPSA) is 61.4 Å². The molecule has 2 amide bonds. The second-order valence-electron chi connectivity index (χ2n) is 11.5. The number of fused-ring (bicyclic) bond motifs is 1. The van der Waals surface area contributed by atoms with E-state index in [1.165, 1.54) is 23.2 Å². The molecule has 2 N–H and O–H groups in total. The third-order valence-electron chi connectivity index (χ3n) is 8.82. The van der Waals surface area contributed by atoms with E-state index in [9.17, 15) is 9.59 Å². The number of nitrogens with one attached hydrogen (secondary N) is 2. The average molecular weight is 458 g/mol. The fourth-order valence-corrected chi connectivity index (χ4v) is 7.97. The van der Waals surface area contributed by atoms with Crippen LogP contribution < -0.4 is 15.5 Å². The van der Waals surface area contributed by atoms with Gasteiger partial charge in [-0.05, 0) is 79.5 Å². The van der Waals surface area contributed by atoms with Gasteiger partial charge in [0.15, 0.2) is 0 Å². The monoisotopic (exact) mass is 457 g/mol. The van der Waals surface area contributed by atoms with Crippen LogP contribution in [0.5, 0.6) is 0 Å². The maximum atomic E-state index is 13.5. The fourth-order valence-electron chi connectivity index (χ4n) is 7.97. The number of carbonyl (C=O) groups is 2. The van der Waals surface area contributed by atoms with Crippen molar-refractivity contribution in [1.29, 1.82) is 0 Å². The van der Waals surface area contributed by atoms with Gasteiger partial charge in [0.1, 0.15) is 0 Å². The molecule has 2 aromatic carbocycles. The van der Waals surface area contributed by atoms with E-state index in [-0.39, 0.29) is 22.8 Å². The van der Waals surface area contributed by atoms with Crippen LogP contribution in [0.15, 0.2) is 48.5 Å². The highest BCUT2D eigenvalue weighted by Crippen LogP contribution is 2.61. The van der Waals surface area contributed by atoms with Gasteiger partial charge in [-0.25, -0.2) is 0 Å². The molecule has 5 heteroatoms. The number of carbonyl (C=O) groups excluding carboxylic acids is 2. The summed E-state index contributed by atoms with van der Waals surface area (Å²) >= 11 is 0. The lowest BCUT2D eigenvalue weighted by Gasteiger charge is -2.61. The van der Waals surface area contributed by atoms with Crippen molar-refractivity contribution in [1.82, 2.24) is 10.6 Å². The first-order valence-electron chi connectivity index (χ1n) is 12.9. The predicted octanol–water partition coefficient (Wildman–Crippen LogP) is 4.34. The highest BCUT2D eigenvalue weighted by atomic mass is 16.2. The number of benzene rings is 2. The summed E-state index contributed by atoms with van der Waals surface area (Å²) in [6.07, 6.45) is 7.18. The molecule has 34 heavy (non-hydrogen) atoms. The molecule has 4 bridgehead atoms. The van der Waals surface area contributed by atoms with E-state index >= 15 is 0 Å². The Balaban J connectivity index is 1.09. The zero-order chi connectivity index (χ0) is 23.3. The summed E-state index contributed by atoms with van der Waals surface area (Å²) in [5, 5.41) is 6.53. The van der Waals surface area contributed by atoms with Crippen LogP contribution in [-0.2, 0) is 29.1 Å². The molecule has 0 radical (unpaired) electrons. The predicted molar refractivity (Wildman–Crippen MR) is 133 cm³/mol. The summed E-state index contributed by atoms with van der Waals surface area (Å²) in [5.41, 5.74) is 4.75. The van der Waals surface area contributed by atoms with Gasteiger partial charge in [0.2, 0.25) is 11.8 Å². The maximum Gasteiger partial charge on any atom is 0.226 e. The minimum Gasteiger partial charge on any atom is -0.367 e. The van der Waals surface area contributed by atoms with E-state index < -0.39 is 0 Å². The highest BCUT2D eigenvalue weighted by Gasteiger charge is 2.60. The maximum absolute atomic E-state index is 13.5. The Bertz CT molecular complexity index is 1090. The third kappa shape index (κ3) is 3.89. The van der Waals surface area contributed by atoms with Gasteiger partial charge in [-0.3, -0.25) is 9.59 Å². The van der Waals surface area contributed by atoms with Gasteiger partial charge in [0, 0.05) is 37.8 Å². The van der Waals surface area contributed by atoms with E-state index in [2.05, 4.69) is 64.1 Å². The van der Waals surface area contributed by atoms with Crippen LogP contribution in [0.25, 0.3) is 0 Å². The molecule has 2 unspecified atom stereocenters. The molecule has 0 spiro atoms. The minimum absolute atomic E-state index is 0.0371. The van der Waals surface area contributed by atoms with E-state index in [0.717, 1.165) is 57.2 Å². The number of para-hydroxylation sites is 1. The van der Waals surface area contributed by atoms with Gasteiger partial charge in [-0.2, -0.15) is 0 Å². The van der Waals surface area contributed by atoms with Crippen LogP contribution >= 0.6 is 0 Å². The van der Waals surface area contributed by atoms with Crippen LogP contribution in [0, 0.1) is 17.3 Å². The molecule has 2 atom stereocenters. The van der Waals surface area contributed by atoms with E-state index in [0.29, 0.717) is 18.4 Å². The van der Waals surface area contributed by atoms with Crippen molar-refractivity contribution in [2.24, 2.45) is 17.3 Å². The van der Waals surface area contributed by atoms with Gasteiger partial charge in [0.05, 0.1) is 5.41 Å². The minimum atomic E-state index is -0.310. The quantitative estimate of drug-likeness (QED) is 0.678. The Hall–Kier alpha value is -2.82. The Morgan fingerprint density at radius 2 is 1.68 bits per heavy atom. The van der Waals surface area contributed by atoms with E-state index in [4.69, 9.17) is 0 Å². The molecule has 5 nitrogen and oxygen atoms in total. The Kier molecular flexibility index (Phi) is 5.20. The number of anilines is 1. The first kappa shape index (κ1) is 21.7. The molecular formula is C29H35N3O2. The Morgan fingerprint density at radius 3 is 2.41 bits per heavy atom. The molecule has 4 fully saturated rings. The molecule has 1 aliphatic heterocycles. The van der Waals surface area contributed by atoms with Crippen molar-refractivity contribution in [3.8, 4) is 0 Å². The summed E-state index contributed by atoms with van der Waals surface area (Å²) in [4.78, 5) is 27.8. The van der Waals surface area contributed by atoms with Crippen LogP contribution in [0.1, 0.15) is 62.1 Å². The van der Waals surface area contributed by atoms with Crippen LogP contribution in [-0.4, -0.2) is 23.9 Å². The zero-order valence-corrected chi connectivity index (χ0v) is 20.1. The number of hydrogen-bond acceptors (Lipinski definition) is 3.